The first-order chi connectivity index (χ1) is 15.1. The van der Waals surface area contributed by atoms with Crippen LogP contribution >= 0.6 is 0 Å². The van der Waals surface area contributed by atoms with Crippen molar-refractivity contribution in [1.82, 2.24) is 0 Å². The van der Waals surface area contributed by atoms with E-state index in [4.69, 9.17) is 4.74 Å². The maximum atomic E-state index is 13.0. The topological polar surface area (TPSA) is 32.7 Å². The van der Waals surface area contributed by atoms with Crippen LogP contribution in [0.25, 0.3) is 0 Å². The molecule has 0 amide bonds. The molecule has 6 heteroatoms. The van der Waals surface area contributed by atoms with Gasteiger partial charge < -0.3 is 14.7 Å². The fraction of sp³-hybridized carbons (Fsp3) is 0.615. The number of rotatable bonds is 8. The summed E-state index contributed by atoms with van der Waals surface area (Å²) in [5.74, 6) is 1.30. The van der Waals surface area contributed by atoms with Gasteiger partial charge in [0, 0.05) is 18.3 Å². The number of aryl methyl sites for hydroxylation is 1. The predicted molar refractivity (Wildman–Crippen MR) is 129 cm³/mol. The van der Waals surface area contributed by atoms with Gasteiger partial charge in [-0.3, -0.25) is 0 Å². The lowest BCUT2D eigenvalue weighted by molar-refractivity contribution is -0.200. The first-order valence-electron chi connectivity index (χ1n) is 11.7. The molecule has 0 saturated heterocycles. The van der Waals surface area contributed by atoms with Gasteiger partial charge in [0.15, 0.2) is 6.10 Å². The molecule has 1 fully saturated rings. The molecule has 0 bridgehead atoms. The SMILES string of the molecule is C=C(/C=C\C)Oc1ccc(C)c(N(CC2CCCC2)CC(O)C(F)(F)F)c1.CC.CCC. The Morgan fingerprint density at radius 2 is 1.81 bits per heavy atom. The molecule has 3 nitrogen and oxygen atoms in total. The van der Waals surface area contributed by atoms with Gasteiger partial charge in [-0.25, -0.2) is 0 Å². The Hall–Kier alpha value is -1.95. The molecular weight excluding hydrogens is 415 g/mol. The average molecular weight is 458 g/mol. The molecular formula is C26H42F3NO2. The van der Waals surface area contributed by atoms with Crippen molar-refractivity contribution in [3.05, 3.63) is 48.3 Å². The number of hydrogen-bond donors (Lipinski definition) is 1. The van der Waals surface area contributed by atoms with Crippen molar-refractivity contribution in [2.45, 2.75) is 85.9 Å². The zero-order chi connectivity index (χ0) is 24.7. The summed E-state index contributed by atoms with van der Waals surface area (Å²) in [5.41, 5.74) is 1.49. The molecule has 1 atom stereocenters. The minimum Gasteiger partial charge on any atom is -0.458 e. The van der Waals surface area contributed by atoms with Gasteiger partial charge in [-0.2, -0.15) is 13.2 Å². The molecule has 0 heterocycles. The molecule has 1 aliphatic rings. The second-order valence-electron chi connectivity index (χ2n) is 7.84. The van der Waals surface area contributed by atoms with Crippen molar-refractivity contribution < 1.29 is 23.0 Å². The summed E-state index contributed by atoms with van der Waals surface area (Å²) in [6.07, 6.45) is 1.94. The van der Waals surface area contributed by atoms with E-state index in [1.54, 1.807) is 29.2 Å². The van der Waals surface area contributed by atoms with Crippen molar-refractivity contribution in [1.29, 1.82) is 0 Å². The Morgan fingerprint density at radius 3 is 2.31 bits per heavy atom. The number of anilines is 1. The monoisotopic (exact) mass is 457 g/mol. The Kier molecular flexibility index (Phi) is 14.8. The Bertz CT molecular complexity index is 680. The van der Waals surface area contributed by atoms with E-state index in [9.17, 15) is 18.3 Å². The summed E-state index contributed by atoms with van der Waals surface area (Å²) in [7, 11) is 0. The van der Waals surface area contributed by atoms with Crippen LogP contribution in [0.15, 0.2) is 42.7 Å². The van der Waals surface area contributed by atoms with Crippen LogP contribution in [0.5, 0.6) is 5.75 Å². The summed E-state index contributed by atoms with van der Waals surface area (Å²) in [5, 5.41) is 9.65. The van der Waals surface area contributed by atoms with Gasteiger partial charge >= 0.3 is 6.18 Å². The van der Waals surface area contributed by atoms with Gasteiger partial charge in [0.1, 0.15) is 11.5 Å². The number of alkyl halides is 3. The molecule has 1 aliphatic carbocycles. The number of nitrogens with zero attached hydrogens (tertiary/aromatic N) is 1. The highest BCUT2D eigenvalue weighted by Crippen LogP contribution is 2.33. The minimum atomic E-state index is -4.64. The molecule has 0 spiro atoms. The average Bonchev–Trinajstić information content (AvgIpc) is 3.24. The van der Waals surface area contributed by atoms with Crippen LogP contribution in [-0.2, 0) is 0 Å². The standard InChI is InChI=1S/C21H28F3NO2.C3H8.C2H6/c1-4-7-16(3)27-18-11-10-15(2)19(12-18)25(13-17-8-5-6-9-17)14-20(26)21(22,23)24;1-3-2;1-2/h4,7,10-12,17,20,26H,3,5-6,8-9,13-14H2,1-2H3;3H2,1-2H3;1-2H3/b7-4-;;. The molecule has 0 aliphatic heterocycles. The maximum absolute atomic E-state index is 13.0. The van der Waals surface area contributed by atoms with Gasteiger partial charge in [-0.15, -0.1) is 0 Å². The van der Waals surface area contributed by atoms with E-state index in [1.807, 2.05) is 33.8 Å². The van der Waals surface area contributed by atoms with Crippen LogP contribution in [0.2, 0.25) is 0 Å². The fourth-order valence-corrected chi connectivity index (χ4v) is 3.45. The number of hydrogen-bond acceptors (Lipinski definition) is 3. The zero-order valence-electron chi connectivity index (χ0n) is 20.6. The van der Waals surface area contributed by atoms with Crippen molar-refractivity contribution in [3.8, 4) is 5.75 Å². The molecule has 2 rings (SSSR count). The van der Waals surface area contributed by atoms with Crippen LogP contribution < -0.4 is 9.64 Å². The van der Waals surface area contributed by atoms with Crippen LogP contribution in [-0.4, -0.2) is 30.5 Å². The van der Waals surface area contributed by atoms with Gasteiger partial charge in [-0.05, 0) is 50.3 Å². The van der Waals surface area contributed by atoms with Crippen molar-refractivity contribution in [3.63, 3.8) is 0 Å². The normalized spacial score (nSPS) is 14.8. The summed E-state index contributed by atoms with van der Waals surface area (Å²) in [6, 6.07) is 5.30. The van der Waals surface area contributed by atoms with Crippen LogP contribution in [0.3, 0.4) is 0 Å². The zero-order valence-corrected chi connectivity index (χ0v) is 20.6. The number of allylic oxidation sites excluding steroid dienone is 2. The number of aliphatic hydroxyl groups is 1. The lowest BCUT2D eigenvalue weighted by Gasteiger charge is -2.32. The van der Waals surface area contributed by atoms with E-state index < -0.39 is 18.8 Å². The molecule has 0 aromatic heterocycles. The third-order valence-electron chi connectivity index (χ3n) is 4.85. The highest BCUT2D eigenvalue weighted by Gasteiger charge is 2.39. The molecule has 32 heavy (non-hydrogen) atoms. The highest BCUT2D eigenvalue weighted by molar-refractivity contribution is 5.57. The van der Waals surface area contributed by atoms with Crippen molar-refractivity contribution in [2.75, 3.05) is 18.0 Å². The van der Waals surface area contributed by atoms with Crippen molar-refractivity contribution >= 4 is 5.69 Å². The first kappa shape index (κ1) is 30.0. The van der Waals surface area contributed by atoms with E-state index in [2.05, 4.69) is 20.4 Å². The second kappa shape index (κ2) is 15.8. The second-order valence-corrected chi connectivity index (χ2v) is 7.84. The van der Waals surface area contributed by atoms with Gasteiger partial charge in [0.25, 0.3) is 0 Å². The molecule has 0 radical (unpaired) electrons. The van der Waals surface area contributed by atoms with Crippen LogP contribution in [0.4, 0.5) is 18.9 Å². The minimum absolute atomic E-state index is 0.340. The van der Waals surface area contributed by atoms with Gasteiger partial charge in [-0.1, -0.05) is 65.7 Å². The lowest BCUT2D eigenvalue weighted by atomic mass is 10.1. The molecule has 1 aromatic rings. The highest BCUT2D eigenvalue weighted by atomic mass is 19.4. The molecule has 184 valence electrons. The quantitative estimate of drug-likeness (QED) is 0.319. The smallest absolute Gasteiger partial charge is 0.416 e. The Morgan fingerprint density at radius 1 is 1.25 bits per heavy atom. The Labute approximate surface area is 193 Å². The summed E-state index contributed by atoms with van der Waals surface area (Å²) >= 11 is 0. The van der Waals surface area contributed by atoms with Gasteiger partial charge in [0.2, 0.25) is 0 Å². The molecule has 1 N–H and O–H groups in total. The molecule has 1 aromatic carbocycles. The van der Waals surface area contributed by atoms with E-state index >= 15 is 0 Å². The first-order valence-corrected chi connectivity index (χ1v) is 11.7. The maximum Gasteiger partial charge on any atom is 0.416 e. The number of ether oxygens (including phenoxy) is 1. The number of benzene rings is 1. The molecule has 1 unspecified atom stereocenters. The lowest BCUT2D eigenvalue weighted by Crippen LogP contribution is -2.43. The van der Waals surface area contributed by atoms with Crippen molar-refractivity contribution in [2.24, 2.45) is 5.92 Å². The number of aliphatic hydroxyl groups excluding tert-OH is 1. The fourth-order valence-electron chi connectivity index (χ4n) is 3.45. The van der Waals surface area contributed by atoms with E-state index in [0.717, 1.165) is 31.2 Å². The summed E-state index contributed by atoms with van der Waals surface area (Å²) in [4.78, 5) is 1.65. The summed E-state index contributed by atoms with van der Waals surface area (Å²) in [6.45, 7) is 15.7. The third kappa shape index (κ3) is 11.1. The van der Waals surface area contributed by atoms with E-state index in [1.165, 1.54) is 6.42 Å². The Balaban J connectivity index is 0.00000177. The molecule has 1 saturated carbocycles. The largest absolute Gasteiger partial charge is 0.458 e. The summed E-state index contributed by atoms with van der Waals surface area (Å²) < 4.78 is 44.5. The number of halogens is 3. The predicted octanol–water partition coefficient (Wildman–Crippen LogP) is 7.83. The van der Waals surface area contributed by atoms with Crippen LogP contribution in [0.1, 0.15) is 72.3 Å². The third-order valence-corrected chi connectivity index (χ3v) is 4.85. The van der Waals surface area contributed by atoms with E-state index in [0.29, 0.717) is 29.7 Å². The van der Waals surface area contributed by atoms with Crippen LogP contribution in [0, 0.1) is 12.8 Å². The van der Waals surface area contributed by atoms with Gasteiger partial charge in [0.05, 0.1) is 6.54 Å². The van der Waals surface area contributed by atoms with E-state index in [-0.39, 0.29) is 0 Å².